The molecule has 7 heteroatoms. The summed E-state index contributed by atoms with van der Waals surface area (Å²) in [7, 11) is 1.67. The smallest absolute Gasteiger partial charge is 0.257 e. The Morgan fingerprint density at radius 2 is 1.89 bits per heavy atom. The second-order valence-electron chi connectivity index (χ2n) is 6.65. The summed E-state index contributed by atoms with van der Waals surface area (Å²) in [6, 6.07) is 15.9. The van der Waals surface area contributed by atoms with Crippen molar-refractivity contribution >= 4 is 27.5 Å². The van der Waals surface area contributed by atoms with Crippen LogP contribution in [0.3, 0.4) is 0 Å². The number of carbonyl (C=O) groups excluding carboxylic acids is 1. The zero-order valence-electron chi connectivity index (χ0n) is 15.6. The van der Waals surface area contributed by atoms with Gasteiger partial charge in [-0.3, -0.25) is 9.89 Å². The predicted octanol–water partition coefficient (Wildman–Crippen LogP) is 3.81. The van der Waals surface area contributed by atoms with Crippen molar-refractivity contribution in [1.82, 2.24) is 15.1 Å². The molecule has 0 radical (unpaired) electrons. The molecule has 3 aromatic rings. The van der Waals surface area contributed by atoms with Crippen LogP contribution in [0.1, 0.15) is 10.4 Å². The first-order chi connectivity index (χ1) is 13.7. The molecule has 144 valence electrons. The van der Waals surface area contributed by atoms with Gasteiger partial charge < -0.3 is 14.5 Å². The highest BCUT2D eigenvalue weighted by Gasteiger charge is 2.25. The van der Waals surface area contributed by atoms with Crippen molar-refractivity contribution in [3.05, 3.63) is 64.8 Å². The number of hydrogen-bond donors (Lipinski definition) is 1. The molecule has 0 saturated carbocycles. The fraction of sp³-hybridized carbons (Fsp3) is 0.238. The van der Waals surface area contributed by atoms with Gasteiger partial charge in [-0.05, 0) is 24.3 Å². The third-order valence-electron chi connectivity index (χ3n) is 4.97. The number of anilines is 1. The summed E-state index contributed by atoms with van der Waals surface area (Å²) in [4.78, 5) is 17.3. The lowest BCUT2D eigenvalue weighted by Gasteiger charge is -2.36. The molecule has 1 amide bonds. The second kappa shape index (κ2) is 8.06. The number of nitrogens with one attached hydrogen (secondary N) is 1. The summed E-state index contributed by atoms with van der Waals surface area (Å²) >= 11 is 3.48. The van der Waals surface area contributed by atoms with Crippen molar-refractivity contribution in [2.75, 3.05) is 38.2 Å². The summed E-state index contributed by atoms with van der Waals surface area (Å²) in [5.74, 6) is 0.849. The highest BCUT2D eigenvalue weighted by molar-refractivity contribution is 9.10. The van der Waals surface area contributed by atoms with Gasteiger partial charge in [-0.1, -0.05) is 34.1 Å². The molecule has 1 aromatic heterocycles. The zero-order chi connectivity index (χ0) is 19.5. The molecule has 4 rings (SSSR count). The van der Waals surface area contributed by atoms with E-state index in [9.17, 15) is 4.79 Å². The highest BCUT2D eigenvalue weighted by atomic mass is 79.9. The van der Waals surface area contributed by atoms with Gasteiger partial charge in [-0.2, -0.15) is 5.10 Å². The lowest BCUT2D eigenvalue weighted by molar-refractivity contribution is 0.0747. The first-order valence-corrected chi connectivity index (χ1v) is 9.92. The molecule has 1 N–H and O–H groups in total. The Balaban J connectivity index is 1.47. The predicted molar refractivity (Wildman–Crippen MR) is 113 cm³/mol. The van der Waals surface area contributed by atoms with E-state index in [0.29, 0.717) is 18.7 Å². The molecular weight excluding hydrogens is 420 g/mol. The van der Waals surface area contributed by atoms with Gasteiger partial charge >= 0.3 is 0 Å². The lowest BCUT2D eigenvalue weighted by atomic mass is 10.1. The standard InChI is InChI=1S/C21H21BrN4O2/c1-28-18-7-3-6-17(13-18)25-8-10-26(11-9-25)21(27)19-14-23-24-20(19)15-4-2-5-16(22)12-15/h2-7,12-14H,8-11H2,1H3,(H,23,24). The van der Waals surface area contributed by atoms with E-state index in [1.54, 1.807) is 13.3 Å². The summed E-state index contributed by atoms with van der Waals surface area (Å²) in [6.07, 6.45) is 1.62. The number of aromatic nitrogens is 2. The van der Waals surface area contributed by atoms with Gasteiger partial charge in [-0.25, -0.2) is 0 Å². The van der Waals surface area contributed by atoms with Gasteiger partial charge in [0.1, 0.15) is 5.75 Å². The quantitative estimate of drug-likeness (QED) is 0.669. The first kappa shape index (κ1) is 18.6. The van der Waals surface area contributed by atoms with E-state index in [-0.39, 0.29) is 5.91 Å². The van der Waals surface area contributed by atoms with Crippen molar-refractivity contribution in [3.63, 3.8) is 0 Å². The Bertz CT molecular complexity index is 980. The highest BCUT2D eigenvalue weighted by Crippen LogP contribution is 2.26. The summed E-state index contributed by atoms with van der Waals surface area (Å²) < 4.78 is 6.28. The third-order valence-corrected chi connectivity index (χ3v) is 5.46. The molecule has 28 heavy (non-hydrogen) atoms. The lowest BCUT2D eigenvalue weighted by Crippen LogP contribution is -2.48. The number of ether oxygens (including phenoxy) is 1. The van der Waals surface area contributed by atoms with Crippen molar-refractivity contribution in [2.24, 2.45) is 0 Å². The van der Waals surface area contributed by atoms with Crippen LogP contribution in [0, 0.1) is 0 Å². The molecule has 0 atom stereocenters. The second-order valence-corrected chi connectivity index (χ2v) is 7.57. The molecule has 6 nitrogen and oxygen atoms in total. The van der Waals surface area contributed by atoms with Crippen molar-refractivity contribution < 1.29 is 9.53 Å². The average Bonchev–Trinajstić information content (AvgIpc) is 3.23. The fourth-order valence-corrected chi connectivity index (χ4v) is 3.86. The number of hydrogen-bond acceptors (Lipinski definition) is 4. The molecule has 1 fully saturated rings. The molecule has 1 saturated heterocycles. The van der Waals surface area contributed by atoms with E-state index < -0.39 is 0 Å². The number of halogens is 1. The van der Waals surface area contributed by atoms with Crippen LogP contribution in [0.2, 0.25) is 0 Å². The maximum atomic E-state index is 13.1. The molecule has 0 aliphatic carbocycles. The Kier molecular flexibility index (Phi) is 5.34. The number of carbonyl (C=O) groups is 1. The molecular formula is C21H21BrN4O2. The molecule has 0 unspecified atom stereocenters. The zero-order valence-corrected chi connectivity index (χ0v) is 17.1. The van der Waals surface area contributed by atoms with Crippen LogP contribution in [0.15, 0.2) is 59.2 Å². The third kappa shape index (κ3) is 3.75. The van der Waals surface area contributed by atoms with Gasteiger partial charge in [-0.15, -0.1) is 0 Å². The molecule has 2 heterocycles. The van der Waals surface area contributed by atoms with Crippen LogP contribution in [-0.4, -0.2) is 54.3 Å². The van der Waals surface area contributed by atoms with E-state index in [2.05, 4.69) is 37.1 Å². The van der Waals surface area contributed by atoms with E-state index in [1.165, 1.54) is 0 Å². The SMILES string of the molecule is COc1cccc(N2CCN(C(=O)c3cn[nH]c3-c3cccc(Br)c3)CC2)c1. The van der Waals surface area contributed by atoms with Crippen LogP contribution in [-0.2, 0) is 0 Å². The van der Waals surface area contributed by atoms with Crippen LogP contribution < -0.4 is 9.64 Å². The van der Waals surface area contributed by atoms with Gasteiger partial charge in [0.2, 0.25) is 0 Å². The Morgan fingerprint density at radius 3 is 2.64 bits per heavy atom. The minimum atomic E-state index is 0.00835. The summed E-state index contributed by atoms with van der Waals surface area (Å²) in [5, 5.41) is 7.09. The number of piperazine rings is 1. The van der Waals surface area contributed by atoms with Gasteiger partial charge in [0, 0.05) is 48.0 Å². The summed E-state index contributed by atoms with van der Waals surface area (Å²) in [6.45, 7) is 2.89. The number of aromatic amines is 1. The van der Waals surface area contributed by atoms with Crippen molar-refractivity contribution in [2.45, 2.75) is 0 Å². The van der Waals surface area contributed by atoms with E-state index in [1.807, 2.05) is 47.4 Å². The number of methoxy groups -OCH3 is 1. The normalized spacial score (nSPS) is 14.2. The number of H-pyrrole nitrogens is 1. The maximum Gasteiger partial charge on any atom is 0.257 e. The topological polar surface area (TPSA) is 61.5 Å². The fourth-order valence-electron chi connectivity index (χ4n) is 3.46. The first-order valence-electron chi connectivity index (χ1n) is 9.13. The summed E-state index contributed by atoms with van der Waals surface area (Å²) in [5.41, 5.74) is 3.41. The Morgan fingerprint density at radius 1 is 1.11 bits per heavy atom. The van der Waals surface area contributed by atoms with Crippen LogP contribution in [0.5, 0.6) is 5.75 Å². The van der Waals surface area contributed by atoms with E-state index in [4.69, 9.17) is 4.74 Å². The maximum absolute atomic E-state index is 13.1. The molecule has 0 spiro atoms. The van der Waals surface area contributed by atoms with Crippen molar-refractivity contribution in [1.29, 1.82) is 0 Å². The molecule has 2 aromatic carbocycles. The van der Waals surface area contributed by atoms with Gasteiger partial charge in [0.15, 0.2) is 0 Å². The monoisotopic (exact) mass is 440 g/mol. The largest absolute Gasteiger partial charge is 0.497 e. The minimum Gasteiger partial charge on any atom is -0.497 e. The Hall–Kier alpha value is -2.80. The van der Waals surface area contributed by atoms with Crippen molar-refractivity contribution in [3.8, 4) is 17.0 Å². The molecule has 1 aliphatic heterocycles. The van der Waals surface area contributed by atoms with Crippen LogP contribution >= 0.6 is 15.9 Å². The number of nitrogens with zero attached hydrogens (tertiary/aromatic N) is 3. The van der Waals surface area contributed by atoms with E-state index >= 15 is 0 Å². The minimum absolute atomic E-state index is 0.00835. The number of amides is 1. The number of benzene rings is 2. The van der Waals surface area contributed by atoms with Gasteiger partial charge in [0.25, 0.3) is 5.91 Å². The number of rotatable bonds is 4. The molecule has 1 aliphatic rings. The average molecular weight is 441 g/mol. The van der Waals surface area contributed by atoms with E-state index in [0.717, 1.165) is 40.3 Å². The Labute approximate surface area is 172 Å². The molecule has 0 bridgehead atoms. The van der Waals surface area contributed by atoms with Crippen LogP contribution in [0.25, 0.3) is 11.3 Å². The van der Waals surface area contributed by atoms with Crippen LogP contribution in [0.4, 0.5) is 5.69 Å². The van der Waals surface area contributed by atoms with Gasteiger partial charge in [0.05, 0.1) is 24.6 Å².